The van der Waals surface area contributed by atoms with Gasteiger partial charge in [0.25, 0.3) is 0 Å². The average molecular weight is 250 g/mol. The molecule has 0 radical (unpaired) electrons. The molecule has 1 aromatic rings. The maximum absolute atomic E-state index is 12.8. The van der Waals surface area contributed by atoms with Crippen LogP contribution in [0, 0.1) is 5.82 Å². The standard InChI is InChI=1S/C9H9ClFNO2S/c10-8-5-7(3-4-9(8)11)15(13,14)12-6-1-2-6/h3-6,12H,1-2H2. The Labute approximate surface area is 92.3 Å². The quantitative estimate of drug-likeness (QED) is 0.890. The maximum Gasteiger partial charge on any atom is 0.240 e. The smallest absolute Gasteiger partial charge is 0.208 e. The molecule has 1 fully saturated rings. The lowest BCUT2D eigenvalue weighted by molar-refractivity contribution is 0.580. The summed E-state index contributed by atoms with van der Waals surface area (Å²) in [6, 6.07) is 3.39. The van der Waals surface area contributed by atoms with Gasteiger partial charge in [-0.1, -0.05) is 11.6 Å². The van der Waals surface area contributed by atoms with Crippen LogP contribution in [0.5, 0.6) is 0 Å². The number of nitrogens with one attached hydrogen (secondary N) is 1. The number of sulfonamides is 1. The van der Waals surface area contributed by atoms with E-state index in [9.17, 15) is 12.8 Å². The van der Waals surface area contributed by atoms with Crippen LogP contribution in [0.1, 0.15) is 12.8 Å². The van der Waals surface area contributed by atoms with Crippen LogP contribution in [0.3, 0.4) is 0 Å². The van der Waals surface area contributed by atoms with Crippen LogP contribution < -0.4 is 4.72 Å². The Bertz CT molecular complexity index is 485. The van der Waals surface area contributed by atoms with E-state index in [2.05, 4.69) is 4.72 Å². The lowest BCUT2D eigenvalue weighted by atomic mass is 10.3. The molecule has 1 aliphatic carbocycles. The van der Waals surface area contributed by atoms with Crippen LogP contribution in [0.15, 0.2) is 23.1 Å². The second-order valence-electron chi connectivity index (χ2n) is 3.47. The minimum atomic E-state index is -3.54. The number of benzene rings is 1. The second kappa shape index (κ2) is 3.73. The van der Waals surface area contributed by atoms with Crippen LogP contribution >= 0.6 is 11.6 Å². The van der Waals surface area contributed by atoms with Gasteiger partial charge >= 0.3 is 0 Å². The summed E-state index contributed by atoms with van der Waals surface area (Å²) in [5.74, 6) is -0.623. The molecule has 0 amide bonds. The zero-order valence-electron chi connectivity index (χ0n) is 7.70. The van der Waals surface area contributed by atoms with Crippen LogP contribution in [0.2, 0.25) is 5.02 Å². The zero-order chi connectivity index (χ0) is 11.1. The molecule has 0 unspecified atom stereocenters. The topological polar surface area (TPSA) is 46.2 Å². The van der Waals surface area contributed by atoms with Gasteiger partial charge in [-0.05, 0) is 31.0 Å². The van der Waals surface area contributed by atoms with Crippen LogP contribution in [0.25, 0.3) is 0 Å². The fourth-order valence-electron chi connectivity index (χ4n) is 1.13. The number of rotatable bonds is 3. The van der Waals surface area contributed by atoms with Crippen molar-refractivity contribution in [1.29, 1.82) is 0 Å². The van der Waals surface area contributed by atoms with Crippen molar-refractivity contribution < 1.29 is 12.8 Å². The molecule has 0 aromatic heterocycles. The first-order valence-corrected chi connectivity index (χ1v) is 6.32. The molecule has 15 heavy (non-hydrogen) atoms. The van der Waals surface area contributed by atoms with Gasteiger partial charge < -0.3 is 0 Å². The third-order valence-electron chi connectivity index (χ3n) is 2.10. The van der Waals surface area contributed by atoms with E-state index >= 15 is 0 Å². The molecule has 1 N–H and O–H groups in total. The normalized spacial score (nSPS) is 16.7. The summed E-state index contributed by atoms with van der Waals surface area (Å²) < 4.78 is 38.6. The number of hydrogen-bond donors (Lipinski definition) is 1. The molecule has 82 valence electrons. The molecular formula is C9H9ClFNO2S. The highest BCUT2D eigenvalue weighted by atomic mass is 35.5. The highest BCUT2D eigenvalue weighted by Gasteiger charge is 2.28. The molecule has 0 aliphatic heterocycles. The van der Waals surface area contributed by atoms with Crippen molar-refractivity contribution in [2.24, 2.45) is 0 Å². The minimum absolute atomic E-state index is 0.000741. The van der Waals surface area contributed by atoms with E-state index in [4.69, 9.17) is 11.6 Å². The zero-order valence-corrected chi connectivity index (χ0v) is 9.28. The van der Waals surface area contributed by atoms with Crippen molar-refractivity contribution >= 4 is 21.6 Å². The van der Waals surface area contributed by atoms with E-state index < -0.39 is 15.8 Å². The Kier molecular flexibility index (Phi) is 2.70. The number of halogens is 2. The Morgan fingerprint density at radius 1 is 1.40 bits per heavy atom. The second-order valence-corrected chi connectivity index (χ2v) is 5.59. The average Bonchev–Trinajstić information content (AvgIpc) is 2.92. The van der Waals surface area contributed by atoms with Crippen molar-refractivity contribution in [3.63, 3.8) is 0 Å². The van der Waals surface area contributed by atoms with E-state index in [1.165, 1.54) is 6.07 Å². The van der Waals surface area contributed by atoms with Gasteiger partial charge in [-0.2, -0.15) is 0 Å². The highest BCUT2D eigenvalue weighted by molar-refractivity contribution is 7.89. The lowest BCUT2D eigenvalue weighted by Crippen LogP contribution is -2.25. The van der Waals surface area contributed by atoms with Gasteiger partial charge in [-0.3, -0.25) is 0 Å². The van der Waals surface area contributed by atoms with Gasteiger partial charge in [0, 0.05) is 6.04 Å². The molecule has 0 heterocycles. The molecule has 3 nitrogen and oxygen atoms in total. The fraction of sp³-hybridized carbons (Fsp3) is 0.333. The SMILES string of the molecule is O=S(=O)(NC1CC1)c1ccc(F)c(Cl)c1. The third-order valence-corrected chi connectivity index (χ3v) is 3.91. The monoisotopic (exact) mass is 249 g/mol. The highest BCUT2D eigenvalue weighted by Crippen LogP contribution is 2.24. The summed E-state index contributed by atoms with van der Waals surface area (Å²) in [5, 5.41) is -0.186. The molecule has 0 saturated heterocycles. The van der Waals surface area contributed by atoms with Crippen LogP contribution in [-0.4, -0.2) is 14.5 Å². The summed E-state index contributed by atoms with van der Waals surface area (Å²) in [7, 11) is -3.54. The van der Waals surface area contributed by atoms with Crippen molar-refractivity contribution in [2.75, 3.05) is 0 Å². The van der Waals surface area contributed by atoms with E-state index in [0.29, 0.717) is 0 Å². The molecule has 0 spiro atoms. The van der Waals surface area contributed by atoms with Gasteiger partial charge in [-0.15, -0.1) is 0 Å². The Hall–Kier alpha value is -0.650. The molecule has 1 aromatic carbocycles. The molecule has 0 atom stereocenters. The summed E-state index contributed by atoms with van der Waals surface area (Å²) in [6.07, 6.45) is 1.71. The van der Waals surface area contributed by atoms with Gasteiger partial charge in [0.1, 0.15) is 5.82 Å². The third kappa shape index (κ3) is 2.48. The minimum Gasteiger partial charge on any atom is -0.208 e. The first-order valence-electron chi connectivity index (χ1n) is 4.46. The number of hydrogen-bond acceptors (Lipinski definition) is 2. The van der Waals surface area contributed by atoms with Gasteiger partial charge in [0.15, 0.2) is 0 Å². The maximum atomic E-state index is 12.8. The molecule has 6 heteroatoms. The molecular weight excluding hydrogens is 241 g/mol. The van der Waals surface area contributed by atoms with Crippen molar-refractivity contribution in [3.05, 3.63) is 29.0 Å². The van der Waals surface area contributed by atoms with E-state index in [1.54, 1.807) is 0 Å². The Morgan fingerprint density at radius 2 is 2.07 bits per heavy atom. The van der Waals surface area contributed by atoms with Crippen LogP contribution in [-0.2, 0) is 10.0 Å². The summed E-state index contributed by atoms with van der Waals surface area (Å²) in [4.78, 5) is 0.000741. The Morgan fingerprint density at radius 3 is 2.60 bits per heavy atom. The first-order chi connectivity index (χ1) is 6.99. The van der Waals surface area contributed by atoms with Gasteiger partial charge in [-0.25, -0.2) is 17.5 Å². The van der Waals surface area contributed by atoms with Gasteiger partial charge in [0.05, 0.1) is 9.92 Å². The van der Waals surface area contributed by atoms with Crippen molar-refractivity contribution in [2.45, 2.75) is 23.8 Å². The van der Waals surface area contributed by atoms with Crippen molar-refractivity contribution in [1.82, 2.24) is 4.72 Å². The predicted octanol–water partition coefficient (Wildman–Crippen LogP) is 1.92. The van der Waals surface area contributed by atoms with Gasteiger partial charge in [0.2, 0.25) is 10.0 Å². The molecule has 1 aliphatic rings. The van der Waals surface area contributed by atoms with E-state index in [1.807, 2.05) is 0 Å². The van der Waals surface area contributed by atoms with Crippen LogP contribution in [0.4, 0.5) is 4.39 Å². The molecule has 1 saturated carbocycles. The molecule has 2 rings (SSSR count). The summed E-state index contributed by atoms with van der Waals surface area (Å²) >= 11 is 5.50. The predicted molar refractivity (Wildman–Crippen MR) is 54.8 cm³/mol. The Balaban J connectivity index is 2.31. The largest absolute Gasteiger partial charge is 0.240 e. The lowest BCUT2D eigenvalue weighted by Gasteiger charge is -2.05. The first kappa shape index (κ1) is 10.9. The summed E-state index contributed by atoms with van der Waals surface area (Å²) in [6.45, 7) is 0. The molecule has 0 bridgehead atoms. The summed E-state index contributed by atoms with van der Waals surface area (Å²) in [5.41, 5.74) is 0. The van der Waals surface area contributed by atoms with E-state index in [-0.39, 0.29) is 16.0 Å². The van der Waals surface area contributed by atoms with Crippen molar-refractivity contribution in [3.8, 4) is 0 Å². The fourth-order valence-corrected chi connectivity index (χ4v) is 2.71. The van der Waals surface area contributed by atoms with E-state index in [0.717, 1.165) is 25.0 Å².